The van der Waals surface area contributed by atoms with Crippen molar-refractivity contribution < 1.29 is 58.0 Å². The minimum Gasteiger partial charge on any atom is -0.457 e. The van der Waals surface area contributed by atoms with E-state index >= 15 is 0 Å². The Hall–Kier alpha value is -0.930. The molecule has 14 atom stereocenters. The van der Waals surface area contributed by atoms with Crippen LogP contribution in [0.25, 0.3) is 0 Å². The van der Waals surface area contributed by atoms with Crippen molar-refractivity contribution in [1.82, 2.24) is 0 Å². The van der Waals surface area contributed by atoms with Crippen LogP contribution in [0.1, 0.15) is 73.1 Å². The molecule has 0 spiro atoms. The van der Waals surface area contributed by atoms with E-state index in [4.69, 9.17) is 37.9 Å². The average molecular weight is 549 g/mol. The third kappa shape index (κ3) is 7.62. The standard InChI is InChI=1S/C26H44O12/c1-12-17(28)6-8-23(32-12)38-25-14(3)34-24(10-18(25)29)36-19-7-9-22(33-13(19)2)37-20-11-21(30)31-15(4)26(20)35-16(5)27/h12-15,17-26,28-30H,6-11H2,1-5H3. The normalized spacial score (nSPS) is 48.4. The molecule has 0 aromatic rings. The molecule has 0 amide bonds. The van der Waals surface area contributed by atoms with Gasteiger partial charge in [-0.1, -0.05) is 0 Å². The van der Waals surface area contributed by atoms with Crippen molar-refractivity contribution in [1.29, 1.82) is 0 Å². The second kappa shape index (κ2) is 13.2. The summed E-state index contributed by atoms with van der Waals surface area (Å²) in [5, 5.41) is 30.7. The van der Waals surface area contributed by atoms with Crippen molar-refractivity contribution in [2.24, 2.45) is 0 Å². The molecule has 0 aliphatic carbocycles. The Bertz CT molecular complexity index is 757. The monoisotopic (exact) mass is 548 g/mol. The Kier molecular flexibility index (Phi) is 10.4. The maximum absolute atomic E-state index is 11.6. The Morgan fingerprint density at radius 2 is 1.24 bits per heavy atom. The number of aliphatic hydroxyl groups excluding tert-OH is 3. The summed E-state index contributed by atoms with van der Waals surface area (Å²) in [7, 11) is 0. The SMILES string of the molecule is CC(=O)OC1C(C)OC(O)CC1OC1CCC(OC2CC(O)C(OC3CCC(O)C(C)O3)C(C)O2)C(C)O1. The number of hydrogen-bond donors (Lipinski definition) is 3. The van der Waals surface area contributed by atoms with Crippen LogP contribution >= 0.6 is 0 Å². The molecule has 4 heterocycles. The Morgan fingerprint density at radius 3 is 1.89 bits per heavy atom. The van der Waals surface area contributed by atoms with Crippen LogP contribution in [-0.4, -0.2) is 107 Å². The molecule has 0 bridgehead atoms. The molecule has 4 aliphatic rings. The fraction of sp³-hybridized carbons (Fsp3) is 0.962. The van der Waals surface area contributed by atoms with Crippen LogP contribution in [0.4, 0.5) is 0 Å². The third-order valence-electron chi connectivity index (χ3n) is 7.72. The number of rotatable bonds is 7. The van der Waals surface area contributed by atoms with Crippen molar-refractivity contribution in [2.45, 2.75) is 159 Å². The topological polar surface area (TPSA) is 152 Å². The van der Waals surface area contributed by atoms with Gasteiger partial charge >= 0.3 is 5.97 Å². The van der Waals surface area contributed by atoms with Crippen LogP contribution in [0, 0.1) is 0 Å². The molecule has 0 saturated carbocycles. The van der Waals surface area contributed by atoms with Gasteiger partial charge in [0.15, 0.2) is 31.3 Å². The minimum atomic E-state index is -1.01. The lowest BCUT2D eigenvalue weighted by Crippen LogP contribution is -2.54. The lowest BCUT2D eigenvalue weighted by atomic mass is 10.0. The predicted molar refractivity (Wildman–Crippen MR) is 129 cm³/mol. The molecule has 0 aromatic heterocycles. The minimum absolute atomic E-state index is 0.163. The van der Waals surface area contributed by atoms with Crippen LogP contribution < -0.4 is 0 Å². The van der Waals surface area contributed by atoms with Gasteiger partial charge in [0.25, 0.3) is 0 Å². The molecule has 0 aromatic carbocycles. The second-order valence-corrected chi connectivity index (χ2v) is 10.9. The summed E-state index contributed by atoms with van der Waals surface area (Å²) in [5.74, 6) is -0.446. The van der Waals surface area contributed by atoms with E-state index in [0.717, 1.165) is 0 Å². The van der Waals surface area contributed by atoms with E-state index in [9.17, 15) is 20.1 Å². The van der Waals surface area contributed by atoms with E-state index in [0.29, 0.717) is 25.7 Å². The molecule has 4 aliphatic heterocycles. The summed E-state index contributed by atoms with van der Waals surface area (Å²) < 4.78 is 46.9. The van der Waals surface area contributed by atoms with Gasteiger partial charge in [0, 0.05) is 32.6 Å². The fourth-order valence-electron chi connectivity index (χ4n) is 5.63. The fourth-order valence-corrected chi connectivity index (χ4v) is 5.63. The Labute approximate surface area is 223 Å². The van der Waals surface area contributed by atoms with Gasteiger partial charge in [0.2, 0.25) is 0 Å². The van der Waals surface area contributed by atoms with Crippen LogP contribution in [0.15, 0.2) is 0 Å². The highest BCUT2D eigenvalue weighted by Gasteiger charge is 2.44. The maximum Gasteiger partial charge on any atom is 0.303 e. The van der Waals surface area contributed by atoms with Gasteiger partial charge < -0.3 is 53.2 Å². The second-order valence-electron chi connectivity index (χ2n) is 10.9. The van der Waals surface area contributed by atoms with Gasteiger partial charge in [-0.15, -0.1) is 0 Å². The maximum atomic E-state index is 11.6. The molecule has 12 heteroatoms. The molecule has 4 saturated heterocycles. The van der Waals surface area contributed by atoms with Gasteiger partial charge in [-0.2, -0.15) is 0 Å². The van der Waals surface area contributed by atoms with E-state index in [-0.39, 0.29) is 31.2 Å². The zero-order valence-corrected chi connectivity index (χ0v) is 22.8. The molecule has 220 valence electrons. The smallest absolute Gasteiger partial charge is 0.303 e. The number of hydrogen-bond acceptors (Lipinski definition) is 12. The average Bonchev–Trinajstić information content (AvgIpc) is 2.82. The molecule has 12 nitrogen and oxygen atoms in total. The summed E-state index contributed by atoms with van der Waals surface area (Å²) in [5.41, 5.74) is 0. The highest BCUT2D eigenvalue weighted by molar-refractivity contribution is 5.66. The van der Waals surface area contributed by atoms with E-state index < -0.39 is 73.9 Å². The highest BCUT2D eigenvalue weighted by atomic mass is 16.7. The predicted octanol–water partition coefficient (Wildman–Crippen LogP) is 1.11. The van der Waals surface area contributed by atoms with E-state index in [1.807, 2.05) is 13.8 Å². The summed E-state index contributed by atoms with van der Waals surface area (Å²) in [6.07, 6.45) is -4.95. The molecule has 0 radical (unpaired) electrons. The largest absolute Gasteiger partial charge is 0.457 e. The first-order chi connectivity index (χ1) is 18.0. The van der Waals surface area contributed by atoms with Crippen LogP contribution in [0.2, 0.25) is 0 Å². The van der Waals surface area contributed by atoms with E-state index in [1.54, 1.807) is 13.8 Å². The Morgan fingerprint density at radius 1 is 0.632 bits per heavy atom. The zero-order valence-electron chi connectivity index (χ0n) is 22.8. The molecule has 4 fully saturated rings. The van der Waals surface area contributed by atoms with Crippen molar-refractivity contribution in [2.75, 3.05) is 0 Å². The van der Waals surface area contributed by atoms with Crippen molar-refractivity contribution in [3.05, 3.63) is 0 Å². The molecule has 3 N–H and O–H groups in total. The van der Waals surface area contributed by atoms with Gasteiger partial charge in [0.1, 0.15) is 12.2 Å². The first kappa shape index (κ1) is 30.0. The first-order valence-electron chi connectivity index (χ1n) is 13.8. The van der Waals surface area contributed by atoms with E-state index in [2.05, 4.69) is 0 Å². The number of esters is 1. The highest BCUT2D eigenvalue weighted by Crippen LogP contribution is 2.33. The van der Waals surface area contributed by atoms with Crippen molar-refractivity contribution >= 4 is 5.97 Å². The van der Waals surface area contributed by atoms with Crippen molar-refractivity contribution in [3.63, 3.8) is 0 Å². The molecule has 4 rings (SSSR count). The summed E-state index contributed by atoms with van der Waals surface area (Å²) in [4.78, 5) is 11.6. The summed E-state index contributed by atoms with van der Waals surface area (Å²) >= 11 is 0. The third-order valence-corrected chi connectivity index (χ3v) is 7.72. The Balaban J connectivity index is 1.24. The molecule has 14 unspecified atom stereocenters. The summed E-state index contributed by atoms with van der Waals surface area (Å²) in [6, 6.07) is 0. The molecule has 38 heavy (non-hydrogen) atoms. The zero-order chi connectivity index (χ0) is 27.6. The van der Waals surface area contributed by atoms with Gasteiger partial charge in [-0.05, 0) is 40.5 Å². The van der Waals surface area contributed by atoms with Crippen LogP contribution in [0.3, 0.4) is 0 Å². The van der Waals surface area contributed by atoms with Crippen LogP contribution in [-0.2, 0) is 42.7 Å². The van der Waals surface area contributed by atoms with Gasteiger partial charge in [-0.25, -0.2) is 0 Å². The van der Waals surface area contributed by atoms with Crippen LogP contribution in [0.5, 0.6) is 0 Å². The summed E-state index contributed by atoms with van der Waals surface area (Å²) in [6.45, 7) is 8.57. The quantitative estimate of drug-likeness (QED) is 0.391. The van der Waals surface area contributed by atoms with Crippen molar-refractivity contribution in [3.8, 4) is 0 Å². The van der Waals surface area contributed by atoms with E-state index in [1.165, 1.54) is 6.92 Å². The van der Waals surface area contributed by atoms with Gasteiger partial charge in [-0.3, -0.25) is 4.79 Å². The number of aliphatic hydroxyl groups is 3. The lowest BCUT2D eigenvalue weighted by Gasteiger charge is -2.44. The van der Waals surface area contributed by atoms with Gasteiger partial charge in [0.05, 0.1) is 42.7 Å². The lowest BCUT2D eigenvalue weighted by molar-refractivity contribution is -0.327. The number of carbonyl (C=O) groups is 1. The molecular formula is C26H44O12. The number of carbonyl (C=O) groups excluding carboxylic acids is 1. The molecular weight excluding hydrogens is 504 g/mol. The first-order valence-corrected chi connectivity index (χ1v) is 13.8. The number of ether oxygens (including phenoxy) is 8.